The van der Waals surface area contributed by atoms with E-state index in [0.717, 1.165) is 0 Å². The molecule has 0 radical (unpaired) electrons. The van der Waals surface area contributed by atoms with Gasteiger partial charge in [-0.05, 0) is 13.0 Å². The van der Waals surface area contributed by atoms with E-state index in [-0.39, 0.29) is 5.97 Å². The third-order valence-corrected chi connectivity index (χ3v) is 2.45. The summed E-state index contributed by atoms with van der Waals surface area (Å²) in [6, 6.07) is 0. The second-order valence-electron chi connectivity index (χ2n) is 3.32. The summed E-state index contributed by atoms with van der Waals surface area (Å²) < 4.78 is 10.3. The van der Waals surface area contributed by atoms with Crippen LogP contribution in [-0.4, -0.2) is 35.5 Å². The van der Waals surface area contributed by atoms with Crippen LogP contribution in [0, 0.1) is 0 Å². The average Bonchev–Trinajstić information content (AvgIpc) is 2.36. The largest absolute Gasteiger partial charge is 0.457 e. The van der Waals surface area contributed by atoms with Crippen molar-refractivity contribution in [2.24, 2.45) is 0 Å². The predicted octanol–water partition coefficient (Wildman–Crippen LogP) is 0.00790. The number of ether oxygens (including phenoxy) is 2. The summed E-state index contributed by atoms with van der Waals surface area (Å²) in [4.78, 5) is 11.4. The Labute approximate surface area is 76.1 Å². The zero-order valence-electron chi connectivity index (χ0n) is 7.40. The third-order valence-electron chi connectivity index (χ3n) is 2.45. The van der Waals surface area contributed by atoms with Crippen LogP contribution in [0.1, 0.15) is 13.3 Å². The molecule has 4 nitrogen and oxygen atoms in total. The standard InChI is InChI=1S/C9H12O4/c1-2-12-9-4-3-6(10)7(5-9)13-8(9)11/h3-4,6-7,10H,2,5H2,1H3/t6-,7+,9+/m1/s1. The molecule has 72 valence electrons. The van der Waals surface area contributed by atoms with Crippen molar-refractivity contribution in [1.29, 1.82) is 0 Å². The Hall–Kier alpha value is -0.870. The van der Waals surface area contributed by atoms with Crippen LogP contribution in [-0.2, 0) is 14.3 Å². The van der Waals surface area contributed by atoms with Crippen molar-refractivity contribution >= 4 is 5.97 Å². The van der Waals surface area contributed by atoms with Crippen LogP contribution in [0.15, 0.2) is 12.2 Å². The van der Waals surface area contributed by atoms with E-state index in [2.05, 4.69) is 0 Å². The topological polar surface area (TPSA) is 55.8 Å². The molecule has 1 aliphatic carbocycles. The van der Waals surface area contributed by atoms with E-state index in [9.17, 15) is 9.90 Å². The Morgan fingerprint density at radius 2 is 2.62 bits per heavy atom. The monoisotopic (exact) mass is 184 g/mol. The second kappa shape index (κ2) is 2.82. The molecule has 13 heavy (non-hydrogen) atoms. The molecular weight excluding hydrogens is 172 g/mol. The highest BCUT2D eigenvalue weighted by Crippen LogP contribution is 2.36. The van der Waals surface area contributed by atoms with Gasteiger partial charge >= 0.3 is 5.97 Å². The minimum Gasteiger partial charge on any atom is -0.457 e. The Morgan fingerprint density at radius 3 is 3.31 bits per heavy atom. The van der Waals surface area contributed by atoms with Crippen molar-refractivity contribution in [2.45, 2.75) is 31.2 Å². The molecule has 0 aromatic heterocycles. The maximum Gasteiger partial charge on any atom is 0.343 e. The first-order valence-corrected chi connectivity index (χ1v) is 4.40. The van der Waals surface area contributed by atoms with Crippen LogP contribution in [0.25, 0.3) is 0 Å². The maximum atomic E-state index is 11.4. The highest BCUT2D eigenvalue weighted by atomic mass is 16.6. The maximum absolute atomic E-state index is 11.4. The fraction of sp³-hybridized carbons (Fsp3) is 0.667. The molecule has 0 aromatic rings. The number of carbonyl (C=O) groups excluding carboxylic acids is 1. The molecule has 0 aromatic carbocycles. The Kier molecular flexibility index (Phi) is 1.89. The lowest BCUT2D eigenvalue weighted by Crippen LogP contribution is -2.38. The molecule has 3 atom stereocenters. The zero-order valence-corrected chi connectivity index (χ0v) is 7.40. The number of hydrogen-bond acceptors (Lipinski definition) is 4. The first kappa shape index (κ1) is 8.72. The number of aliphatic hydroxyl groups excluding tert-OH is 1. The van der Waals surface area contributed by atoms with Gasteiger partial charge < -0.3 is 14.6 Å². The molecule has 1 fully saturated rings. The lowest BCUT2D eigenvalue weighted by Gasteiger charge is -2.24. The van der Waals surface area contributed by atoms with E-state index in [1.807, 2.05) is 6.92 Å². The van der Waals surface area contributed by atoms with Gasteiger partial charge in [-0.15, -0.1) is 0 Å². The van der Waals surface area contributed by atoms with Gasteiger partial charge in [-0.3, -0.25) is 0 Å². The van der Waals surface area contributed by atoms with E-state index in [1.165, 1.54) is 0 Å². The third kappa shape index (κ3) is 1.17. The summed E-state index contributed by atoms with van der Waals surface area (Å²) in [5.41, 5.74) is -0.918. The summed E-state index contributed by atoms with van der Waals surface area (Å²) in [7, 11) is 0. The number of esters is 1. The molecule has 0 saturated carbocycles. The van der Waals surface area contributed by atoms with Crippen LogP contribution in [0.3, 0.4) is 0 Å². The van der Waals surface area contributed by atoms with Gasteiger partial charge in [0.05, 0.1) is 0 Å². The fourth-order valence-corrected chi connectivity index (χ4v) is 1.79. The van der Waals surface area contributed by atoms with E-state index < -0.39 is 17.8 Å². The summed E-state index contributed by atoms with van der Waals surface area (Å²) >= 11 is 0. The molecule has 1 heterocycles. The van der Waals surface area contributed by atoms with E-state index in [0.29, 0.717) is 13.0 Å². The van der Waals surface area contributed by atoms with Crippen molar-refractivity contribution < 1.29 is 19.4 Å². The second-order valence-corrected chi connectivity index (χ2v) is 3.32. The number of carbonyl (C=O) groups is 1. The number of hydrogen-bond donors (Lipinski definition) is 1. The molecule has 0 unspecified atom stereocenters. The first-order valence-electron chi connectivity index (χ1n) is 4.40. The predicted molar refractivity (Wildman–Crippen MR) is 44.0 cm³/mol. The van der Waals surface area contributed by atoms with Crippen molar-refractivity contribution in [1.82, 2.24) is 0 Å². The molecule has 0 spiro atoms. The Bertz CT molecular complexity index is 260. The Balaban J connectivity index is 2.27. The lowest BCUT2D eigenvalue weighted by molar-refractivity contribution is -0.155. The van der Waals surface area contributed by atoms with Crippen LogP contribution in [0.5, 0.6) is 0 Å². The first-order chi connectivity index (χ1) is 6.18. The van der Waals surface area contributed by atoms with Gasteiger partial charge in [0, 0.05) is 13.0 Å². The van der Waals surface area contributed by atoms with Crippen molar-refractivity contribution in [3.05, 3.63) is 12.2 Å². The molecule has 1 aliphatic heterocycles. The lowest BCUT2D eigenvalue weighted by atomic mass is 9.91. The minimum absolute atomic E-state index is 0.382. The molecule has 1 N–H and O–H groups in total. The minimum atomic E-state index is -0.918. The Morgan fingerprint density at radius 1 is 1.85 bits per heavy atom. The van der Waals surface area contributed by atoms with E-state index in [4.69, 9.17) is 9.47 Å². The van der Waals surface area contributed by atoms with Crippen LogP contribution < -0.4 is 0 Å². The quantitative estimate of drug-likeness (QED) is 0.485. The summed E-state index contributed by atoms with van der Waals surface area (Å²) in [5, 5.41) is 9.38. The molecule has 2 aliphatic rings. The molecule has 1 saturated heterocycles. The summed E-state index contributed by atoms with van der Waals surface area (Å²) in [5.74, 6) is -0.382. The van der Waals surface area contributed by atoms with Gasteiger partial charge in [-0.2, -0.15) is 0 Å². The SMILES string of the molecule is CCO[C@@]12C=C[C@@H](O)[C@H](C1)OC2=O. The van der Waals surface area contributed by atoms with Crippen LogP contribution in [0.2, 0.25) is 0 Å². The van der Waals surface area contributed by atoms with Crippen molar-refractivity contribution in [2.75, 3.05) is 6.61 Å². The number of fused-ring (bicyclic) bond motifs is 2. The highest BCUT2D eigenvalue weighted by Gasteiger charge is 2.52. The highest BCUT2D eigenvalue weighted by molar-refractivity contribution is 5.85. The number of aliphatic hydroxyl groups is 1. The van der Waals surface area contributed by atoms with E-state index in [1.54, 1.807) is 12.2 Å². The van der Waals surface area contributed by atoms with Crippen LogP contribution >= 0.6 is 0 Å². The van der Waals surface area contributed by atoms with Crippen molar-refractivity contribution in [3.63, 3.8) is 0 Å². The molecule has 4 heteroatoms. The van der Waals surface area contributed by atoms with Gasteiger partial charge in [0.25, 0.3) is 0 Å². The average molecular weight is 184 g/mol. The summed E-state index contributed by atoms with van der Waals surface area (Å²) in [6.45, 7) is 2.29. The fourth-order valence-electron chi connectivity index (χ4n) is 1.79. The van der Waals surface area contributed by atoms with Gasteiger partial charge in [0.1, 0.15) is 12.2 Å². The van der Waals surface area contributed by atoms with Crippen LogP contribution in [0.4, 0.5) is 0 Å². The van der Waals surface area contributed by atoms with Gasteiger partial charge in [0.2, 0.25) is 0 Å². The summed E-state index contributed by atoms with van der Waals surface area (Å²) in [6.07, 6.45) is 2.49. The molecule has 0 amide bonds. The van der Waals surface area contributed by atoms with E-state index >= 15 is 0 Å². The van der Waals surface area contributed by atoms with Gasteiger partial charge in [-0.1, -0.05) is 6.08 Å². The van der Waals surface area contributed by atoms with Gasteiger partial charge in [-0.25, -0.2) is 4.79 Å². The smallest absolute Gasteiger partial charge is 0.343 e. The molecule has 2 bridgehead atoms. The normalized spacial score (nSPS) is 42.2. The molecular formula is C9H12O4. The number of rotatable bonds is 2. The molecule has 2 rings (SSSR count). The zero-order chi connectivity index (χ0) is 9.47. The van der Waals surface area contributed by atoms with Gasteiger partial charge in [0.15, 0.2) is 5.60 Å². The van der Waals surface area contributed by atoms with Crippen molar-refractivity contribution in [3.8, 4) is 0 Å².